The maximum absolute atomic E-state index is 12.4. The molecule has 0 amide bonds. The molecule has 0 atom stereocenters. The Bertz CT molecular complexity index is 587. The van der Waals surface area contributed by atoms with Crippen LogP contribution in [-0.4, -0.2) is 37.2 Å². The molecule has 0 unspecified atom stereocenters. The van der Waals surface area contributed by atoms with Crippen LogP contribution in [0.4, 0.5) is 0 Å². The summed E-state index contributed by atoms with van der Waals surface area (Å²) in [6, 6.07) is 7.23. The molecule has 1 rings (SSSR count). The highest BCUT2D eigenvalue weighted by atomic mass is 16.5. The second-order valence-electron chi connectivity index (χ2n) is 5.77. The molecule has 0 saturated heterocycles. The monoisotopic (exact) mass is 334 g/mol. The average Bonchev–Trinajstić information content (AvgIpc) is 2.51. The van der Waals surface area contributed by atoms with Gasteiger partial charge < -0.3 is 14.2 Å². The Morgan fingerprint density at radius 1 is 1.08 bits per heavy atom. The van der Waals surface area contributed by atoms with E-state index in [1.807, 2.05) is 39.8 Å². The summed E-state index contributed by atoms with van der Waals surface area (Å²) in [5.41, 5.74) is 0.601. The molecule has 5 heteroatoms. The predicted octanol–water partition coefficient (Wildman–Crippen LogP) is 3.41. The van der Waals surface area contributed by atoms with Crippen molar-refractivity contribution < 1.29 is 23.8 Å². The molecule has 0 spiro atoms. The second kappa shape index (κ2) is 9.88. The van der Waals surface area contributed by atoms with Crippen LogP contribution in [0, 0.1) is 0 Å². The largest absolute Gasteiger partial charge is 0.490 e. The summed E-state index contributed by atoms with van der Waals surface area (Å²) in [5.74, 6) is -0.470. The lowest BCUT2D eigenvalue weighted by Gasteiger charge is -2.13. The van der Waals surface area contributed by atoms with E-state index in [2.05, 4.69) is 0 Å². The number of ether oxygens (including phenoxy) is 3. The number of hydrogen-bond donors (Lipinski definition) is 0. The van der Waals surface area contributed by atoms with Gasteiger partial charge in [-0.05, 0) is 46.8 Å². The van der Waals surface area contributed by atoms with E-state index < -0.39 is 11.8 Å². The zero-order valence-electron chi connectivity index (χ0n) is 15.0. The highest BCUT2D eigenvalue weighted by Crippen LogP contribution is 2.23. The lowest BCUT2D eigenvalue weighted by Crippen LogP contribution is -2.21. The fourth-order valence-corrected chi connectivity index (χ4v) is 1.90. The van der Waals surface area contributed by atoms with Crippen molar-refractivity contribution in [2.75, 3.05) is 13.2 Å². The normalized spacial score (nSPS) is 11.7. The van der Waals surface area contributed by atoms with E-state index in [9.17, 15) is 9.59 Å². The lowest BCUT2D eigenvalue weighted by molar-refractivity contribution is -0.140. The molecule has 0 bridgehead atoms. The molecule has 0 N–H and O–H groups in total. The minimum atomic E-state index is -0.658. The van der Waals surface area contributed by atoms with Crippen molar-refractivity contribution in [2.45, 2.75) is 46.8 Å². The first-order chi connectivity index (χ1) is 11.3. The van der Waals surface area contributed by atoms with Crippen LogP contribution >= 0.6 is 0 Å². The molecule has 0 saturated carbocycles. The summed E-state index contributed by atoms with van der Waals surface area (Å²) in [4.78, 5) is 24.5. The van der Waals surface area contributed by atoms with Crippen molar-refractivity contribution in [1.29, 1.82) is 0 Å². The van der Waals surface area contributed by atoms with Crippen molar-refractivity contribution in [3.8, 4) is 5.75 Å². The van der Waals surface area contributed by atoms with Crippen LogP contribution < -0.4 is 4.74 Å². The molecule has 0 aliphatic rings. The maximum Gasteiger partial charge on any atom is 0.341 e. The van der Waals surface area contributed by atoms with Crippen molar-refractivity contribution in [2.24, 2.45) is 0 Å². The predicted molar refractivity (Wildman–Crippen MR) is 92.9 cm³/mol. The first-order valence-electron chi connectivity index (χ1n) is 8.14. The summed E-state index contributed by atoms with van der Waals surface area (Å²) in [6.07, 6.45) is 1.38. The number of benzene rings is 1. The van der Waals surface area contributed by atoms with Crippen LogP contribution in [0.1, 0.15) is 40.2 Å². The van der Waals surface area contributed by atoms with Crippen LogP contribution in [0.3, 0.4) is 0 Å². The second-order valence-corrected chi connectivity index (χ2v) is 5.77. The Labute approximate surface area is 143 Å². The molecule has 1 aromatic carbocycles. The molecule has 0 radical (unpaired) electrons. The molecule has 0 aliphatic carbocycles. The first kappa shape index (κ1) is 19.9. The zero-order chi connectivity index (χ0) is 18.1. The lowest BCUT2D eigenvalue weighted by atomic mass is 10.1. The number of para-hydroxylation sites is 1. The van der Waals surface area contributed by atoms with Gasteiger partial charge in [0.15, 0.2) is 5.78 Å². The third-order valence-electron chi connectivity index (χ3n) is 2.93. The number of esters is 1. The van der Waals surface area contributed by atoms with Gasteiger partial charge in [-0.15, -0.1) is 0 Å². The van der Waals surface area contributed by atoms with Crippen molar-refractivity contribution >= 4 is 17.8 Å². The number of carbonyl (C=O) groups is 2. The van der Waals surface area contributed by atoms with Gasteiger partial charge in [0.25, 0.3) is 0 Å². The van der Waals surface area contributed by atoms with E-state index in [0.717, 1.165) is 0 Å². The van der Waals surface area contributed by atoms with Crippen molar-refractivity contribution in [3.05, 3.63) is 35.4 Å². The maximum atomic E-state index is 12.4. The smallest absolute Gasteiger partial charge is 0.341 e. The van der Waals surface area contributed by atoms with E-state index in [4.69, 9.17) is 14.2 Å². The van der Waals surface area contributed by atoms with Crippen LogP contribution in [0.5, 0.6) is 5.75 Å². The Balaban J connectivity index is 3.16. The molecular formula is C19H26O5. The van der Waals surface area contributed by atoms with Crippen LogP contribution in [0.25, 0.3) is 6.08 Å². The SMILES string of the molecule is CCOC(=O)C(=Cc1ccccc1OC(C)C)C(=O)COC(C)C. The van der Waals surface area contributed by atoms with Gasteiger partial charge >= 0.3 is 5.97 Å². The van der Waals surface area contributed by atoms with Gasteiger partial charge in [-0.25, -0.2) is 4.79 Å². The van der Waals surface area contributed by atoms with E-state index in [1.165, 1.54) is 6.08 Å². The zero-order valence-corrected chi connectivity index (χ0v) is 15.0. The van der Waals surface area contributed by atoms with Gasteiger partial charge in [-0.2, -0.15) is 0 Å². The third kappa shape index (κ3) is 6.54. The molecule has 0 heterocycles. The number of ketones is 1. The summed E-state index contributed by atoms with van der Waals surface area (Å²) in [5, 5.41) is 0. The Morgan fingerprint density at radius 2 is 1.75 bits per heavy atom. The van der Waals surface area contributed by atoms with E-state index in [1.54, 1.807) is 19.1 Å². The number of rotatable bonds is 9. The fraction of sp³-hybridized carbons (Fsp3) is 0.474. The van der Waals surface area contributed by atoms with Gasteiger partial charge in [0, 0.05) is 5.56 Å². The number of carbonyl (C=O) groups excluding carboxylic acids is 2. The first-order valence-corrected chi connectivity index (χ1v) is 8.14. The number of Topliss-reactive ketones (excluding diaryl/α,β-unsaturated/α-hetero) is 1. The Hall–Kier alpha value is -2.14. The summed E-state index contributed by atoms with van der Waals surface area (Å²) in [6.45, 7) is 9.19. The topological polar surface area (TPSA) is 61.8 Å². The highest BCUT2D eigenvalue weighted by molar-refractivity contribution is 6.21. The van der Waals surface area contributed by atoms with Crippen molar-refractivity contribution in [3.63, 3.8) is 0 Å². The molecule has 0 fully saturated rings. The standard InChI is InChI=1S/C19H26O5/c1-6-22-19(21)16(17(20)12-23-13(2)3)11-15-9-7-8-10-18(15)24-14(4)5/h7-11,13-14H,6,12H2,1-5H3. The summed E-state index contributed by atoms with van der Waals surface area (Å²) < 4.78 is 16.0. The molecule has 5 nitrogen and oxygen atoms in total. The molecule has 132 valence electrons. The molecular weight excluding hydrogens is 308 g/mol. The van der Waals surface area contributed by atoms with E-state index >= 15 is 0 Å². The summed E-state index contributed by atoms with van der Waals surface area (Å²) in [7, 11) is 0. The Morgan fingerprint density at radius 3 is 2.33 bits per heavy atom. The fourth-order valence-electron chi connectivity index (χ4n) is 1.90. The number of hydrogen-bond acceptors (Lipinski definition) is 5. The minimum absolute atomic E-state index is 0.0226. The van der Waals surface area contributed by atoms with Crippen molar-refractivity contribution in [1.82, 2.24) is 0 Å². The van der Waals surface area contributed by atoms with Gasteiger partial charge in [0.2, 0.25) is 0 Å². The van der Waals surface area contributed by atoms with Gasteiger partial charge in [-0.1, -0.05) is 18.2 Å². The molecule has 24 heavy (non-hydrogen) atoms. The highest BCUT2D eigenvalue weighted by Gasteiger charge is 2.21. The van der Waals surface area contributed by atoms with Crippen LogP contribution in [0.2, 0.25) is 0 Å². The van der Waals surface area contributed by atoms with Gasteiger partial charge in [0.05, 0.1) is 18.8 Å². The van der Waals surface area contributed by atoms with E-state index in [0.29, 0.717) is 11.3 Å². The van der Waals surface area contributed by atoms with Gasteiger partial charge in [-0.3, -0.25) is 4.79 Å². The third-order valence-corrected chi connectivity index (χ3v) is 2.93. The summed E-state index contributed by atoms with van der Waals surface area (Å²) >= 11 is 0. The van der Waals surface area contributed by atoms with Crippen LogP contribution in [-0.2, 0) is 19.1 Å². The van der Waals surface area contributed by atoms with Gasteiger partial charge in [0.1, 0.15) is 17.9 Å². The molecule has 0 aliphatic heterocycles. The quantitative estimate of drug-likeness (QED) is 0.300. The minimum Gasteiger partial charge on any atom is -0.490 e. The van der Waals surface area contributed by atoms with E-state index in [-0.39, 0.29) is 31.0 Å². The molecule has 0 aromatic heterocycles. The average molecular weight is 334 g/mol. The molecule has 1 aromatic rings. The van der Waals surface area contributed by atoms with Crippen LogP contribution in [0.15, 0.2) is 29.8 Å². The Kier molecular flexibility index (Phi) is 8.19.